The Bertz CT molecular complexity index is 1070. The summed E-state index contributed by atoms with van der Waals surface area (Å²) >= 11 is 6.45. The van der Waals surface area contributed by atoms with Gasteiger partial charge in [-0.15, -0.1) is 0 Å². The molecule has 10 nitrogen and oxygen atoms in total. The monoisotopic (exact) mass is 539 g/mol. The van der Waals surface area contributed by atoms with E-state index in [1.165, 1.54) is 26.4 Å². The van der Waals surface area contributed by atoms with Crippen molar-refractivity contribution in [3.63, 3.8) is 0 Å². The molecule has 1 aliphatic rings. The summed E-state index contributed by atoms with van der Waals surface area (Å²) in [6.07, 6.45) is -5.03. The molecule has 1 aliphatic heterocycles. The van der Waals surface area contributed by atoms with Crippen LogP contribution in [0.1, 0.15) is 36.7 Å². The van der Waals surface area contributed by atoms with Gasteiger partial charge >= 0.3 is 0 Å². The maximum atomic E-state index is 13.0. The molecule has 3 rings (SSSR count). The first kappa shape index (κ1) is 29.0. The minimum absolute atomic E-state index is 0.121. The fourth-order valence-corrected chi connectivity index (χ4v) is 4.14. The summed E-state index contributed by atoms with van der Waals surface area (Å²) in [5.41, 5.74) is 0.623. The van der Waals surface area contributed by atoms with Gasteiger partial charge in [0, 0.05) is 12.7 Å². The summed E-state index contributed by atoms with van der Waals surface area (Å²) in [4.78, 5) is 13.0. The molecule has 0 aromatic heterocycles. The normalized spacial score (nSPS) is 23.9. The fraction of sp³-hybridized carbons (Fsp3) is 0.500. The van der Waals surface area contributed by atoms with Crippen molar-refractivity contribution in [3.8, 4) is 17.2 Å². The smallest absolute Gasteiger partial charge is 0.251 e. The number of ether oxygens (including phenoxy) is 5. The molecule has 1 fully saturated rings. The largest absolute Gasteiger partial charge is 0.493 e. The number of carbonyl (C=O) groups is 1. The van der Waals surface area contributed by atoms with Gasteiger partial charge in [0.15, 0.2) is 17.8 Å². The lowest BCUT2D eigenvalue weighted by Crippen LogP contribution is -2.64. The first-order valence-corrected chi connectivity index (χ1v) is 12.1. The summed E-state index contributed by atoms with van der Waals surface area (Å²) < 4.78 is 27.9. The average molecular weight is 540 g/mol. The molecule has 0 saturated carbocycles. The number of aliphatic hydroxyl groups excluding tert-OH is 3. The van der Waals surface area contributed by atoms with Crippen molar-refractivity contribution in [1.29, 1.82) is 0 Å². The van der Waals surface area contributed by atoms with Crippen molar-refractivity contribution in [1.82, 2.24) is 5.32 Å². The Kier molecular flexibility index (Phi) is 9.63. The summed E-state index contributed by atoms with van der Waals surface area (Å²) in [5.74, 6) is 0.559. The first-order valence-electron chi connectivity index (χ1n) is 11.7. The number of methoxy groups -OCH3 is 2. The average Bonchev–Trinajstić information content (AvgIpc) is 2.85. The lowest BCUT2D eigenvalue weighted by atomic mass is 9.96. The van der Waals surface area contributed by atoms with E-state index < -0.39 is 43.2 Å². The molecular weight excluding hydrogens is 506 g/mol. The molecule has 0 radical (unpaired) electrons. The van der Waals surface area contributed by atoms with Crippen LogP contribution in [0.5, 0.6) is 17.2 Å². The van der Waals surface area contributed by atoms with Crippen molar-refractivity contribution in [2.45, 2.75) is 63.6 Å². The third-order valence-electron chi connectivity index (χ3n) is 5.61. The Hall–Kier alpha value is -2.60. The van der Waals surface area contributed by atoms with Crippen LogP contribution < -0.4 is 19.5 Å². The van der Waals surface area contributed by atoms with Crippen molar-refractivity contribution in [2.24, 2.45) is 0 Å². The van der Waals surface area contributed by atoms with Gasteiger partial charge in [0.1, 0.15) is 42.3 Å². The number of hydrogen-bond acceptors (Lipinski definition) is 9. The molecule has 0 spiro atoms. The topological polar surface area (TPSA) is 136 Å². The molecule has 5 atom stereocenters. The zero-order valence-electron chi connectivity index (χ0n) is 21.4. The minimum Gasteiger partial charge on any atom is -0.493 e. The minimum atomic E-state index is -1.45. The Labute approximate surface area is 221 Å². The van der Waals surface area contributed by atoms with Crippen LogP contribution in [0.3, 0.4) is 0 Å². The first-order chi connectivity index (χ1) is 17.5. The van der Waals surface area contributed by atoms with Crippen LogP contribution in [-0.2, 0) is 16.1 Å². The van der Waals surface area contributed by atoms with Gasteiger partial charge in [-0.05, 0) is 50.6 Å². The number of benzene rings is 2. The maximum absolute atomic E-state index is 13.0. The van der Waals surface area contributed by atoms with Gasteiger partial charge in [0.05, 0.1) is 18.7 Å². The van der Waals surface area contributed by atoms with Gasteiger partial charge in [0.25, 0.3) is 5.91 Å². The second kappa shape index (κ2) is 12.3. The Morgan fingerprint density at radius 1 is 1.14 bits per heavy atom. The number of nitrogens with one attached hydrogen (secondary N) is 1. The Balaban J connectivity index is 1.75. The maximum Gasteiger partial charge on any atom is 0.251 e. The standard InChI is InChI=1S/C26H34ClNO9/c1-26(2,3)37-16-8-6-7-14(9-16)13-35-23-17(27)10-15(11-18(23)33-4)24(32)28-20-22(31)21(30)19(12-29)36-25(20)34-5/h6-11,19-22,25,29-31H,12-13H2,1-5H3,(H,28,32)/t19-,20-,21-,22-,25+/m1/s1. The van der Waals surface area contributed by atoms with Gasteiger partial charge in [-0.3, -0.25) is 4.79 Å². The Morgan fingerprint density at radius 3 is 2.49 bits per heavy atom. The number of rotatable bonds is 9. The van der Waals surface area contributed by atoms with Gasteiger partial charge in [-0.1, -0.05) is 23.7 Å². The molecule has 1 amide bonds. The van der Waals surface area contributed by atoms with Crippen molar-refractivity contribution < 1.29 is 43.8 Å². The number of hydrogen-bond donors (Lipinski definition) is 4. The van der Waals surface area contributed by atoms with Gasteiger partial charge in [-0.2, -0.15) is 0 Å². The van der Waals surface area contributed by atoms with Crippen LogP contribution in [0.15, 0.2) is 36.4 Å². The summed E-state index contributed by atoms with van der Waals surface area (Å²) in [6.45, 7) is 5.53. The molecular formula is C26H34ClNO9. The van der Waals surface area contributed by atoms with E-state index in [1.807, 2.05) is 45.0 Å². The van der Waals surface area contributed by atoms with Crippen LogP contribution >= 0.6 is 11.6 Å². The van der Waals surface area contributed by atoms with Crippen LogP contribution in [0.2, 0.25) is 5.02 Å². The summed E-state index contributed by atoms with van der Waals surface area (Å²) in [6, 6.07) is 9.21. The van der Waals surface area contributed by atoms with E-state index in [2.05, 4.69) is 5.32 Å². The highest BCUT2D eigenvalue weighted by molar-refractivity contribution is 6.32. The van der Waals surface area contributed by atoms with Crippen molar-refractivity contribution in [3.05, 3.63) is 52.5 Å². The number of amides is 1. The third kappa shape index (κ3) is 7.25. The molecule has 4 N–H and O–H groups in total. The molecule has 2 aromatic carbocycles. The summed E-state index contributed by atoms with van der Waals surface area (Å²) in [5, 5.41) is 32.7. The molecule has 1 heterocycles. The highest BCUT2D eigenvalue weighted by atomic mass is 35.5. The number of halogens is 1. The number of aliphatic hydroxyl groups is 3. The van der Waals surface area contributed by atoms with E-state index in [0.717, 1.165) is 5.56 Å². The van der Waals surface area contributed by atoms with Gasteiger partial charge in [0.2, 0.25) is 0 Å². The Morgan fingerprint density at radius 2 is 1.86 bits per heavy atom. The molecule has 204 valence electrons. The molecule has 1 saturated heterocycles. The van der Waals surface area contributed by atoms with Crippen LogP contribution in [0.4, 0.5) is 0 Å². The van der Waals surface area contributed by atoms with Crippen LogP contribution in [-0.4, -0.2) is 78.3 Å². The third-order valence-corrected chi connectivity index (χ3v) is 5.89. The molecule has 0 bridgehead atoms. The molecule has 2 aromatic rings. The fourth-order valence-electron chi connectivity index (χ4n) is 3.87. The van der Waals surface area contributed by atoms with E-state index in [0.29, 0.717) is 5.75 Å². The quantitative estimate of drug-likeness (QED) is 0.378. The SMILES string of the molecule is COc1cc(C(=O)N[C@H]2[C@@H](OC)O[C@H](CO)[C@@H](O)[C@@H]2O)cc(Cl)c1OCc1cccc(OC(C)(C)C)c1. The van der Waals surface area contributed by atoms with Crippen molar-refractivity contribution >= 4 is 17.5 Å². The second-order valence-electron chi connectivity index (χ2n) is 9.58. The lowest BCUT2D eigenvalue weighted by molar-refractivity contribution is -0.261. The molecule has 0 aliphatic carbocycles. The van der Waals surface area contributed by atoms with E-state index in [-0.39, 0.29) is 34.3 Å². The molecule has 0 unspecified atom stereocenters. The second-order valence-corrected chi connectivity index (χ2v) is 9.99. The van der Waals surface area contributed by atoms with Crippen molar-refractivity contribution in [2.75, 3.05) is 20.8 Å². The van der Waals surface area contributed by atoms with E-state index >= 15 is 0 Å². The van der Waals surface area contributed by atoms with Crippen LogP contribution in [0, 0.1) is 0 Å². The lowest BCUT2D eigenvalue weighted by Gasteiger charge is -2.41. The highest BCUT2D eigenvalue weighted by Crippen LogP contribution is 2.37. The zero-order valence-corrected chi connectivity index (χ0v) is 22.2. The van der Waals surface area contributed by atoms with Crippen LogP contribution in [0.25, 0.3) is 0 Å². The predicted octanol–water partition coefficient (Wildman–Crippen LogP) is 2.29. The van der Waals surface area contributed by atoms with E-state index in [1.54, 1.807) is 0 Å². The highest BCUT2D eigenvalue weighted by Gasteiger charge is 2.45. The molecule has 37 heavy (non-hydrogen) atoms. The summed E-state index contributed by atoms with van der Waals surface area (Å²) in [7, 11) is 2.74. The van der Waals surface area contributed by atoms with E-state index in [4.69, 9.17) is 35.3 Å². The molecule has 11 heteroatoms. The van der Waals surface area contributed by atoms with E-state index in [9.17, 15) is 20.1 Å². The van der Waals surface area contributed by atoms with Gasteiger partial charge < -0.3 is 44.3 Å². The number of carbonyl (C=O) groups excluding carboxylic acids is 1. The zero-order chi connectivity index (χ0) is 27.3. The predicted molar refractivity (Wildman–Crippen MR) is 135 cm³/mol. The van der Waals surface area contributed by atoms with Gasteiger partial charge in [-0.25, -0.2) is 0 Å².